The fourth-order valence-electron chi connectivity index (χ4n) is 2.00. The van der Waals surface area contributed by atoms with Gasteiger partial charge in [0.15, 0.2) is 0 Å². The molecule has 1 heterocycles. The van der Waals surface area contributed by atoms with Crippen molar-refractivity contribution in [2.45, 2.75) is 33.6 Å². The molecule has 0 saturated carbocycles. The number of para-hydroxylation sites is 1. The van der Waals surface area contributed by atoms with Gasteiger partial charge in [-0.1, -0.05) is 39.0 Å². The lowest BCUT2D eigenvalue weighted by molar-refractivity contribution is 0.615. The van der Waals surface area contributed by atoms with Crippen molar-refractivity contribution in [3.8, 4) is 5.69 Å². The average molecular weight is 228 g/mol. The summed E-state index contributed by atoms with van der Waals surface area (Å²) in [7, 11) is 0. The van der Waals surface area contributed by atoms with Gasteiger partial charge in [-0.2, -0.15) is 5.10 Å². The predicted molar refractivity (Wildman–Crippen MR) is 71.5 cm³/mol. The van der Waals surface area contributed by atoms with E-state index in [0.717, 1.165) is 18.5 Å². The van der Waals surface area contributed by atoms with Gasteiger partial charge in [-0.3, -0.25) is 0 Å². The summed E-state index contributed by atoms with van der Waals surface area (Å²) >= 11 is 0. The lowest BCUT2D eigenvalue weighted by atomic mass is 10.1. The molecule has 0 bridgehead atoms. The van der Waals surface area contributed by atoms with Crippen molar-refractivity contribution in [2.75, 3.05) is 0 Å². The van der Waals surface area contributed by atoms with Crippen LogP contribution in [0, 0.1) is 5.92 Å². The summed E-state index contributed by atoms with van der Waals surface area (Å²) < 4.78 is 2.08. The van der Waals surface area contributed by atoms with Gasteiger partial charge >= 0.3 is 0 Å². The lowest BCUT2D eigenvalue weighted by Crippen LogP contribution is -2.05. The molecule has 0 atom stereocenters. The van der Waals surface area contributed by atoms with Crippen molar-refractivity contribution in [1.29, 1.82) is 0 Å². The van der Waals surface area contributed by atoms with Crippen LogP contribution in [-0.4, -0.2) is 9.78 Å². The Bertz CT molecular complexity index is 469. The van der Waals surface area contributed by atoms with Crippen molar-refractivity contribution in [3.05, 3.63) is 47.8 Å². The molecular formula is C15H20N2. The van der Waals surface area contributed by atoms with Crippen LogP contribution in [-0.2, 0) is 12.8 Å². The zero-order chi connectivity index (χ0) is 12.3. The van der Waals surface area contributed by atoms with Gasteiger partial charge in [0.1, 0.15) is 0 Å². The molecular weight excluding hydrogens is 208 g/mol. The summed E-state index contributed by atoms with van der Waals surface area (Å²) in [5.74, 6) is 0.652. The second-order valence-corrected chi connectivity index (χ2v) is 4.83. The molecule has 90 valence electrons. The van der Waals surface area contributed by atoms with Crippen molar-refractivity contribution in [1.82, 2.24) is 9.78 Å². The van der Waals surface area contributed by atoms with Crippen molar-refractivity contribution in [3.63, 3.8) is 0 Å². The van der Waals surface area contributed by atoms with Gasteiger partial charge in [-0.15, -0.1) is 0 Å². The first-order valence-electron chi connectivity index (χ1n) is 6.34. The van der Waals surface area contributed by atoms with Crippen molar-refractivity contribution >= 4 is 0 Å². The third kappa shape index (κ3) is 2.76. The first-order valence-corrected chi connectivity index (χ1v) is 6.34. The molecule has 0 N–H and O–H groups in total. The maximum atomic E-state index is 4.67. The first kappa shape index (κ1) is 11.9. The fourth-order valence-corrected chi connectivity index (χ4v) is 2.00. The highest BCUT2D eigenvalue weighted by atomic mass is 15.3. The molecule has 17 heavy (non-hydrogen) atoms. The van der Waals surface area contributed by atoms with Gasteiger partial charge < -0.3 is 0 Å². The topological polar surface area (TPSA) is 17.8 Å². The largest absolute Gasteiger partial charge is 0.238 e. The minimum absolute atomic E-state index is 0.652. The highest BCUT2D eigenvalue weighted by Gasteiger charge is 2.09. The first-order chi connectivity index (χ1) is 8.20. The molecule has 2 nitrogen and oxygen atoms in total. The van der Waals surface area contributed by atoms with E-state index >= 15 is 0 Å². The number of hydrogen-bond donors (Lipinski definition) is 0. The number of rotatable bonds is 4. The molecule has 1 aromatic heterocycles. The predicted octanol–water partition coefficient (Wildman–Crippen LogP) is 3.63. The van der Waals surface area contributed by atoms with Crippen LogP contribution in [0.15, 0.2) is 36.4 Å². The number of hydrogen-bond acceptors (Lipinski definition) is 1. The van der Waals surface area contributed by atoms with Gasteiger partial charge in [0.05, 0.1) is 11.4 Å². The molecule has 0 aliphatic rings. The fraction of sp³-hybridized carbons (Fsp3) is 0.400. The van der Waals surface area contributed by atoms with Crippen molar-refractivity contribution in [2.24, 2.45) is 5.92 Å². The molecule has 0 spiro atoms. The number of aryl methyl sites for hydroxylation is 1. The van der Waals surface area contributed by atoms with Gasteiger partial charge in [-0.05, 0) is 37.0 Å². The summed E-state index contributed by atoms with van der Waals surface area (Å²) in [4.78, 5) is 0. The summed E-state index contributed by atoms with van der Waals surface area (Å²) in [5.41, 5.74) is 3.63. The zero-order valence-electron chi connectivity index (χ0n) is 10.9. The zero-order valence-corrected chi connectivity index (χ0v) is 10.9. The Kier molecular flexibility index (Phi) is 3.62. The summed E-state index contributed by atoms with van der Waals surface area (Å²) in [6.45, 7) is 6.64. The van der Waals surface area contributed by atoms with Crippen LogP contribution in [0.4, 0.5) is 0 Å². The maximum absolute atomic E-state index is 4.67. The Morgan fingerprint density at radius 2 is 1.88 bits per heavy atom. The lowest BCUT2D eigenvalue weighted by Gasteiger charge is -2.08. The van der Waals surface area contributed by atoms with Gasteiger partial charge in [0.25, 0.3) is 0 Å². The van der Waals surface area contributed by atoms with Crippen LogP contribution in [0.1, 0.15) is 32.2 Å². The molecule has 0 aliphatic carbocycles. The van der Waals surface area contributed by atoms with E-state index in [1.807, 2.05) is 6.07 Å². The number of benzene rings is 1. The molecule has 0 unspecified atom stereocenters. The van der Waals surface area contributed by atoms with Crippen LogP contribution in [0.2, 0.25) is 0 Å². The normalized spacial score (nSPS) is 11.1. The van der Waals surface area contributed by atoms with E-state index in [1.165, 1.54) is 11.4 Å². The molecule has 0 radical (unpaired) electrons. The Labute approximate surface area is 103 Å². The Hall–Kier alpha value is -1.57. The van der Waals surface area contributed by atoms with Crippen LogP contribution in [0.25, 0.3) is 5.69 Å². The molecule has 0 aliphatic heterocycles. The Morgan fingerprint density at radius 3 is 2.47 bits per heavy atom. The highest BCUT2D eigenvalue weighted by Crippen LogP contribution is 2.16. The Balaban J connectivity index is 2.41. The molecule has 0 amide bonds. The van der Waals surface area contributed by atoms with E-state index < -0.39 is 0 Å². The molecule has 2 aromatic rings. The van der Waals surface area contributed by atoms with Crippen LogP contribution >= 0.6 is 0 Å². The smallest absolute Gasteiger partial charge is 0.0648 e. The van der Waals surface area contributed by atoms with Gasteiger partial charge in [-0.25, -0.2) is 4.68 Å². The van der Waals surface area contributed by atoms with E-state index in [-0.39, 0.29) is 0 Å². The average Bonchev–Trinajstić information content (AvgIpc) is 2.72. The number of aromatic nitrogens is 2. The Morgan fingerprint density at radius 1 is 1.18 bits per heavy atom. The summed E-state index contributed by atoms with van der Waals surface area (Å²) in [6.07, 6.45) is 2.06. The highest BCUT2D eigenvalue weighted by molar-refractivity contribution is 5.33. The number of nitrogens with zero attached hydrogens (tertiary/aromatic N) is 2. The minimum Gasteiger partial charge on any atom is -0.238 e. The van der Waals surface area contributed by atoms with E-state index in [4.69, 9.17) is 0 Å². The van der Waals surface area contributed by atoms with Crippen LogP contribution in [0.5, 0.6) is 0 Å². The second-order valence-electron chi connectivity index (χ2n) is 4.83. The SMILES string of the molecule is CCc1cc(CC(C)C)n(-c2ccccc2)n1. The van der Waals surface area contributed by atoms with Gasteiger partial charge in [0.2, 0.25) is 0 Å². The van der Waals surface area contributed by atoms with E-state index in [0.29, 0.717) is 5.92 Å². The van der Waals surface area contributed by atoms with E-state index in [1.54, 1.807) is 0 Å². The van der Waals surface area contributed by atoms with Crippen LogP contribution in [0.3, 0.4) is 0 Å². The summed E-state index contributed by atoms with van der Waals surface area (Å²) in [6, 6.07) is 12.6. The molecule has 2 rings (SSSR count). The van der Waals surface area contributed by atoms with Gasteiger partial charge in [0, 0.05) is 5.69 Å². The third-order valence-electron chi connectivity index (χ3n) is 2.81. The summed E-state index contributed by atoms with van der Waals surface area (Å²) in [5, 5.41) is 4.67. The van der Waals surface area contributed by atoms with Crippen LogP contribution < -0.4 is 0 Å². The minimum atomic E-state index is 0.652. The third-order valence-corrected chi connectivity index (χ3v) is 2.81. The molecule has 2 heteroatoms. The van der Waals surface area contributed by atoms with E-state index in [9.17, 15) is 0 Å². The molecule has 1 aromatic carbocycles. The molecule has 0 fully saturated rings. The maximum Gasteiger partial charge on any atom is 0.0648 e. The molecule has 0 saturated heterocycles. The van der Waals surface area contributed by atoms with Crippen molar-refractivity contribution < 1.29 is 0 Å². The standard InChI is InChI=1S/C15H20N2/c1-4-13-11-15(10-12(2)3)17(16-13)14-8-6-5-7-9-14/h5-9,11-12H,4,10H2,1-3H3. The second kappa shape index (κ2) is 5.17. The quantitative estimate of drug-likeness (QED) is 0.781. The monoisotopic (exact) mass is 228 g/mol. The van der Waals surface area contributed by atoms with E-state index in [2.05, 4.69) is 60.9 Å².